The highest BCUT2D eigenvalue weighted by Crippen LogP contribution is 2.42. The number of benzene rings is 3. The first-order valence-electron chi connectivity index (χ1n) is 10.6. The average molecular weight is 581 g/mol. The van der Waals surface area contributed by atoms with Gasteiger partial charge in [0.15, 0.2) is 17.3 Å². The van der Waals surface area contributed by atoms with Crippen LogP contribution in [-0.4, -0.2) is 29.6 Å². The molecule has 0 unspecified atom stereocenters. The van der Waals surface area contributed by atoms with Gasteiger partial charge in [-0.25, -0.2) is 4.98 Å². The molecule has 0 saturated heterocycles. The summed E-state index contributed by atoms with van der Waals surface area (Å²) in [6.07, 6.45) is -3.23. The van der Waals surface area contributed by atoms with Crippen molar-refractivity contribution in [1.29, 1.82) is 0 Å². The summed E-state index contributed by atoms with van der Waals surface area (Å²) in [5, 5.41) is 4.79. The number of halogens is 5. The SMILES string of the molecule is CCOc1c(OC)cc(C=Nn2c(-c3cccc(C(F)(F)F)c3)nc3ccccc3c2=O)c(Br)c1Cl. The summed E-state index contributed by atoms with van der Waals surface area (Å²) >= 11 is 9.84. The molecule has 1 aromatic heterocycles. The highest BCUT2D eigenvalue weighted by Gasteiger charge is 2.31. The number of alkyl halides is 3. The van der Waals surface area contributed by atoms with Gasteiger partial charge in [0, 0.05) is 15.6 Å². The quantitative estimate of drug-likeness (QED) is 0.236. The molecule has 186 valence electrons. The van der Waals surface area contributed by atoms with Gasteiger partial charge in [0.25, 0.3) is 5.56 Å². The fourth-order valence-corrected chi connectivity index (χ4v) is 4.16. The minimum atomic E-state index is -4.57. The van der Waals surface area contributed by atoms with Crippen molar-refractivity contribution in [2.45, 2.75) is 13.1 Å². The first-order valence-corrected chi connectivity index (χ1v) is 11.7. The van der Waals surface area contributed by atoms with Gasteiger partial charge in [-0.1, -0.05) is 35.9 Å². The summed E-state index contributed by atoms with van der Waals surface area (Å²) in [5.74, 6) is 0.620. The molecule has 0 aliphatic carbocycles. The van der Waals surface area contributed by atoms with Crippen LogP contribution < -0.4 is 15.0 Å². The second kappa shape index (κ2) is 10.3. The zero-order valence-corrected chi connectivity index (χ0v) is 21.3. The predicted octanol–water partition coefficient (Wildman–Crippen LogP) is 6.79. The minimum Gasteiger partial charge on any atom is -0.493 e. The van der Waals surface area contributed by atoms with E-state index in [-0.39, 0.29) is 21.8 Å². The molecular weight excluding hydrogens is 563 g/mol. The van der Waals surface area contributed by atoms with Crippen molar-refractivity contribution < 1.29 is 22.6 Å². The summed E-state index contributed by atoms with van der Waals surface area (Å²) < 4.78 is 52.4. The van der Waals surface area contributed by atoms with Crippen LogP contribution in [-0.2, 0) is 6.18 Å². The summed E-state index contributed by atoms with van der Waals surface area (Å²) in [5.41, 5.74) is -0.581. The molecule has 11 heteroatoms. The highest BCUT2D eigenvalue weighted by molar-refractivity contribution is 9.10. The molecule has 0 spiro atoms. The van der Waals surface area contributed by atoms with Gasteiger partial charge in [-0.05, 0) is 53.2 Å². The first kappa shape index (κ1) is 25.7. The van der Waals surface area contributed by atoms with Gasteiger partial charge < -0.3 is 9.47 Å². The standard InChI is InChI=1S/C25H18BrClF3N3O3/c1-3-36-22-19(35-2)12-15(20(26)21(22)27)13-31-33-23(14-7-6-8-16(11-14)25(28,29)30)32-18-10-5-4-9-17(18)24(33)34/h4-13H,3H2,1-2H3. The fourth-order valence-electron chi connectivity index (χ4n) is 3.50. The van der Waals surface area contributed by atoms with Crippen LogP contribution in [0.3, 0.4) is 0 Å². The molecule has 0 bridgehead atoms. The molecule has 4 aromatic rings. The zero-order chi connectivity index (χ0) is 26.0. The molecule has 0 amide bonds. The van der Waals surface area contributed by atoms with Crippen LogP contribution in [0.5, 0.6) is 11.5 Å². The summed E-state index contributed by atoms with van der Waals surface area (Å²) in [6, 6.07) is 12.7. The second-order valence-electron chi connectivity index (χ2n) is 7.45. The lowest BCUT2D eigenvalue weighted by molar-refractivity contribution is -0.137. The number of nitrogens with zero attached hydrogens (tertiary/aromatic N) is 3. The third-order valence-electron chi connectivity index (χ3n) is 5.18. The predicted molar refractivity (Wildman–Crippen MR) is 136 cm³/mol. The summed E-state index contributed by atoms with van der Waals surface area (Å²) in [7, 11) is 1.45. The Bertz CT molecular complexity index is 1540. The monoisotopic (exact) mass is 579 g/mol. The molecule has 0 atom stereocenters. The number of hydrogen-bond acceptors (Lipinski definition) is 5. The van der Waals surface area contributed by atoms with Crippen LogP contribution in [0.25, 0.3) is 22.3 Å². The normalized spacial score (nSPS) is 11.9. The molecule has 0 aliphatic heterocycles. The van der Waals surface area contributed by atoms with Gasteiger partial charge in [0.05, 0.1) is 36.4 Å². The van der Waals surface area contributed by atoms with Crippen molar-refractivity contribution >= 4 is 44.6 Å². The van der Waals surface area contributed by atoms with Crippen LogP contribution in [0.1, 0.15) is 18.1 Å². The van der Waals surface area contributed by atoms with Gasteiger partial charge in [-0.15, -0.1) is 0 Å². The third-order valence-corrected chi connectivity index (χ3v) is 6.62. The molecule has 3 aromatic carbocycles. The van der Waals surface area contributed by atoms with Gasteiger partial charge in [-0.3, -0.25) is 4.79 Å². The maximum atomic E-state index is 13.4. The van der Waals surface area contributed by atoms with E-state index in [4.69, 9.17) is 21.1 Å². The lowest BCUT2D eigenvalue weighted by Crippen LogP contribution is -2.20. The van der Waals surface area contributed by atoms with Crippen molar-refractivity contribution in [1.82, 2.24) is 9.66 Å². The topological polar surface area (TPSA) is 65.7 Å². The van der Waals surface area contributed by atoms with Crippen molar-refractivity contribution in [2.24, 2.45) is 5.10 Å². The smallest absolute Gasteiger partial charge is 0.416 e. The third kappa shape index (κ3) is 4.96. The molecule has 4 rings (SSSR count). The van der Waals surface area contributed by atoms with Crippen LogP contribution in [0, 0.1) is 0 Å². The van der Waals surface area contributed by atoms with E-state index in [1.54, 1.807) is 37.3 Å². The molecule has 1 heterocycles. The van der Waals surface area contributed by atoms with E-state index < -0.39 is 17.3 Å². The van der Waals surface area contributed by atoms with E-state index in [0.29, 0.717) is 33.7 Å². The molecule has 0 N–H and O–H groups in total. The van der Waals surface area contributed by atoms with E-state index in [1.165, 1.54) is 25.5 Å². The van der Waals surface area contributed by atoms with Crippen LogP contribution in [0.4, 0.5) is 13.2 Å². The summed E-state index contributed by atoms with van der Waals surface area (Å²) in [6.45, 7) is 2.15. The maximum absolute atomic E-state index is 13.4. The molecule has 0 fully saturated rings. The van der Waals surface area contributed by atoms with Crippen LogP contribution >= 0.6 is 27.5 Å². The number of rotatable bonds is 6. The van der Waals surface area contributed by atoms with Gasteiger partial charge in [0.2, 0.25) is 0 Å². The fraction of sp³-hybridized carbons (Fsp3) is 0.160. The minimum absolute atomic E-state index is 0.0545. The number of para-hydroxylation sites is 1. The van der Waals surface area contributed by atoms with E-state index in [9.17, 15) is 18.0 Å². The Labute approximate surface area is 217 Å². The van der Waals surface area contributed by atoms with Gasteiger partial charge >= 0.3 is 6.18 Å². The molecular formula is C25H18BrClF3N3O3. The molecule has 0 radical (unpaired) electrons. The van der Waals surface area contributed by atoms with Crippen molar-refractivity contribution in [2.75, 3.05) is 13.7 Å². The number of hydrogen-bond donors (Lipinski definition) is 0. The highest BCUT2D eigenvalue weighted by atomic mass is 79.9. The Morgan fingerprint density at radius 3 is 2.61 bits per heavy atom. The van der Waals surface area contributed by atoms with Crippen LogP contribution in [0.2, 0.25) is 5.02 Å². The Morgan fingerprint density at radius 1 is 1.17 bits per heavy atom. The lowest BCUT2D eigenvalue weighted by Gasteiger charge is -2.14. The van der Waals surface area contributed by atoms with E-state index in [0.717, 1.165) is 16.8 Å². The second-order valence-corrected chi connectivity index (χ2v) is 8.62. The summed E-state index contributed by atoms with van der Waals surface area (Å²) in [4.78, 5) is 17.8. The van der Waals surface area contributed by atoms with E-state index in [1.807, 2.05) is 0 Å². The van der Waals surface area contributed by atoms with Crippen molar-refractivity contribution in [3.63, 3.8) is 0 Å². The molecule has 0 saturated carbocycles. The number of aromatic nitrogens is 2. The van der Waals surface area contributed by atoms with Gasteiger partial charge in [0.1, 0.15) is 5.02 Å². The van der Waals surface area contributed by atoms with E-state index in [2.05, 4.69) is 26.0 Å². The van der Waals surface area contributed by atoms with Crippen LogP contribution in [0.15, 0.2) is 69.0 Å². The zero-order valence-electron chi connectivity index (χ0n) is 18.9. The Hall–Kier alpha value is -3.37. The van der Waals surface area contributed by atoms with Gasteiger partial charge in [-0.2, -0.15) is 22.9 Å². The number of methoxy groups -OCH3 is 1. The largest absolute Gasteiger partial charge is 0.493 e. The Balaban J connectivity index is 1.93. The number of ether oxygens (including phenoxy) is 2. The Kier molecular flexibility index (Phi) is 7.37. The van der Waals surface area contributed by atoms with Crippen molar-refractivity contribution in [3.05, 3.63) is 85.6 Å². The van der Waals surface area contributed by atoms with Crippen molar-refractivity contribution in [3.8, 4) is 22.9 Å². The van der Waals surface area contributed by atoms with E-state index >= 15 is 0 Å². The lowest BCUT2D eigenvalue weighted by atomic mass is 10.1. The number of fused-ring (bicyclic) bond motifs is 1. The first-order chi connectivity index (χ1) is 17.2. The molecule has 0 aliphatic rings. The average Bonchev–Trinajstić information content (AvgIpc) is 2.87. The Morgan fingerprint density at radius 2 is 1.92 bits per heavy atom. The maximum Gasteiger partial charge on any atom is 0.416 e. The molecule has 6 nitrogen and oxygen atoms in total. The molecule has 36 heavy (non-hydrogen) atoms.